The maximum atomic E-state index is 13.0. The van der Waals surface area contributed by atoms with Crippen LogP contribution < -0.4 is 5.32 Å². The summed E-state index contributed by atoms with van der Waals surface area (Å²) in [4.78, 5) is 20.2. The van der Waals surface area contributed by atoms with E-state index >= 15 is 0 Å². The number of amides is 1. The average Bonchev–Trinajstić information content (AvgIpc) is 2.74. The molecule has 0 saturated carbocycles. The Morgan fingerprint density at radius 2 is 1.79 bits per heavy atom. The van der Waals surface area contributed by atoms with E-state index in [9.17, 15) is 4.79 Å². The molecule has 0 spiro atoms. The Balaban J connectivity index is 1.60. The number of piperidine rings is 1. The fraction of sp³-hybridized carbons (Fsp3) is 0.360. The quantitative estimate of drug-likeness (QED) is 0.688. The van der Waals surface area contributed by atoms with Gasteiger partial charge in [0.05, 0.1) is 11.1 Å². The lowest BCUT2D eigenvalue weighted by molar-refractivity contribution is 0.0948. The topological polar surface area (TPSA) is 45.2 Å². The number of hydrogen-bond acceptors (Lipinski definition) is 3. The number of nitrogens with zero attached hydrogens (tertiary/aromatic N) is 2. The molecule has 1 fully saturated rings. The minimum Gasteiger partial charge on any atom is -0.351 e. The maximum absolute atomic E-state index is 13.0. The molecule has 2 heterocycles. The Morgan fingerprint density at radius 3 is 2.55 bits per heavy atom. The van der Waals surface area contributed by atoms with Crippen LogP contribution in [-0.4, -0.2) is 42.0 Å². The van der Waals surface area contributed by atoms with Crippen molar-refractivity contribution in [2.24, 2.45) is 0 Å². The summed E-state index contributed by atoms with van der Waals surface area (Å²) in [6.45, 7) is 7.93. The lowest BCUT2D eigenvalue weighted by Gasteiger charge is -2.26. The fourth-order valence-corrected chi connectivity index (χ4v) is 4.14. The number of carbonyl (C=O) groups is 1. The van der Waals surface area contributed by atoms with E-state index in [-0.39, 0.29) is 5.91 Å². The molecule has 0 aliphatic carbocycles. The summed E-state index contributed by atoms with van der Waals surface area (Å²) in [5, 5.41) is 4.03. The predicted octanol–water partition coefficient (Wildman–Crippen LogP) is 4.73. The van der Waals surface area contributed by atoms with Gasteiger partial charge in [-0.25, -0.2) is 0 Å². The monoisotopic (exact) mass is 387 g/mol. The molecular weight excluding hydrogens is 358 g/mol. The van der Waals surface area contributed by atoms with E-state index < -0.39 is 0 Å². The Morgan fingerprint density at radius 1 is 1.03 bits per heavy atom. The van der Waals surface area contributed by atoms with Crippen molar-refractivity contribution in [3.63, 3.8) is 0 Å². The highest BCUT2D eigenvalue weighted by molar-refractivity contribution is 6.09. The van der Waals surface area contributed by atoms with Crippen LogP contribution in [0, 0.1) is 13.8 Å². The van der Waals surface area contributed by atoms with Gasteiger partial charge in [0, 0.05) is 29.7 Å². The van der Waals surface area contributed by atoms with Crippen molar-refractivity contribution in [2.45, 2.75) is 33.1 Å². The lowest BCUT2D eigenvalue weighted by atomic mass is 9.98. The molecule has 4 nitrogen and oxygen atoms in total. The largest absolute Gasteiger partial charge is 0.351 e. The molecule has 150 valence electrons. The number of likely N-dealkylation sites (tertiary alicyclic amines) is 1. The Hall–Kier alpha value is -2.72. The molecule has 1 N–H and O–H groups in total. The van der Waals surface area contributed by atoms with Crippen LogP contribution in [0.2, 0.25) is 0 Å². The average molecular weight is 388 g/mol. The number of aromatic nitrogens is 1. The van der Waals surface area contributed by atoms with Gasteiger partial charge in [-0.2, -0.15) is 0 Å². The van der Waals surface area contributed by atoms with Crippen LogP contribution in [-0.2, 0) is 0 Å². The molecule has 0 bridgehead atoms. The smallest absolute Gasteiger partial charge is 0.252 e. The highest BCUT2D eigenvalue weighted by Gasteiger charge is 2.15. The molecule has 29 heavy (non-hydrogen) atoms. The number of pyridine rings is 1. The van der Waals surface area contributed by atoms with Gasteiger partial charge in [-0.1, -0.05) is 54.4 Å². The molecule has 4 heteroatoms. The van der Waals surface area contributed by atoms with Gasteiger partial charge in [0.2, 0.25) is 0 Å². The van der Waals surface area contributed by atoms with Crippen LogP contribution in [0.5, 0.6) is 0 Å². The number of aryl methyl sites for hydroxylation is 2. The second-order valence-electron chi connectivity index (χ2n) is 8.04. The predicted molar refractivity (Wildman–Crippen MR) is 119 cm³/mol. The van der Waals surface area contributed by atoms with E-state index in [0.29, 0.717) is 12.1 Å². The third-order valence-electron chi connectivity index (χ3n) is 5.74. The minimum atomic E-state index is -0.0152. The van der Waals surface area contributed by atoms with Crippen LogP contribution >= 0.6 is 0 Å². The zero-order chi connectivity index (χ0) is 20.2. The van der Waals surface area contributed by atoms with Crippen molar-refractivity contribution < 1.29 is 4.79 Å². The van der Waals surface area contributed by atoms with Crippen LogP contribution in [0.3, 0.4) is 0 Å². The Labute approximate surface area is 173 Å². The van der Waals surface area contributed by atoms with Crippen LogP contribution in [0.1, 0.15) is 40.9 Å². The minimum absolute atomic E-state index is 0.0152. The SMILES string of the molecule is Cc1ccc(-c2cccc3c(C(=O)NCCN4CCCCC4)cc(C)nc23)cc1. The van der Waals surface area contributed by atoms with Gasteiger partial charge >= 0.3 is 0 Å². The van der Waals surface area contributed by atoms with Crippen molar-refractivity contribution in [2.75, 3.05) is 26.2 Å². The van der Waals surface area contributed by atoms with Crippen molar-refractivity contribution >= 4 is 16.8 Å². The van der Waals surface area contributed by atoms with Crippen molar-refractivity contribution in [3.8, 4) is 11.1 Å². The van der Waals surface area contributed by atoms with E-state index in [1.54, 1.807) is 0 Å². The fourth-order valence-electron chi connectivity index (χ4n) is 4.14. The standard InChI is InChI=1S/C25H29N3O/c1-18-9-11-20(12-10-18)21-7-6-8-22-23(17-19(2)27-24(21)22)25(29)26-13-16-28-14-4-3-5-15-28/h6-12,17H,3-5,13-16H2,1-2H3,(H,26,29). The van der Waals surface area contributed by atoms with Gasteiger partial charge < -0.3 is 10.2 Å². The number of nitrogens with one attached hydrogen (secondary N) is 1. The van der Waals surface area contributed by atoms with E-state index in [1.807, 2.05) is 25.1 Å². The molecule has 2 aromatic carbocycles. The molecule has 3 aromatic rings. The highest BCUT2D eigenvalue weighted by Crippen LogP contribution is 2.29. The third-order valence-corrected chi connectivity index (χ3v) is 5.74. The third kappa shape index (κ3) is 4.48. The normalized spacial score (nSPS) is 14.8. The molecule has 4 rings (SSSR count). The number of hydrogen-bond donors (Lipinski definition) is 1. The van der Waals surface area contributed by atoms with Crippen LogP contribution in [0.15, 0.2) is 48.5 Å². The second kappa shape index (κ2) is 8.75. The molecule has 1 amide bonds. The molecule has 0 radical (unpaired) electrons. The lowest BCUT2D eigenvalue weighted by Crippen LogP contribution is -2.37. The number of rotatable bonds is 5. The summed E-state index contributed by atoms with van der Waals surface area (Å²) in [7, 11) is 0. The summed E-state index contributed by atoms with van der Waals surface area (Å²) in [6.07, 6.45) is 3.86. The second-order valence-corrected chi connectivity index (χ2v) is 8.04. The van der Waals surface area contributed by atoms with Gasteiger partial charge in [-0.3, -0.25) is 9.78 Å². The first-order valence-corrected chi connectivity index (χ1v) is 10.6. The number of carbonyl (C=O) groups excluding carboxylic acids is 1. The maximum Gasteiger partial charge on any atom is 0.252 e. The van der Waals surface area contributed by atoms with E-state index in [4.69, 9.17) is 4.98 Å². The van der Waals surface area contributed by atoms with Crippen molar-refractivity contribution in [1.82, 2.24) is 15.2 Å². The molecule has 1 saturated heterocycles. The van der Waals surface area contributed by atoms with E-state index in [2.05, 4.69) is 47.5 Å². The van der Waals surface area contributed by atoms with Gasteiger partial charge in [0.15, 0.2) is 0 Å². The molecule has 1 aliphatic heterocycles. The molecule has 1 aliphatic rings. The van der Waals surface area contributed by atoms with Crippen molar-refractivity contribution in [1.29, 1.82) is 0 Å². The summed E-state index contributed by atoms with van der Waals surface area (Å²) in [5.41, 5.74) is 5.87. The van der Waals surface area contributed by atoms with Gasteiger partial charge in [-0.05, 0) is 51.4 Å². The summed E-state index contributed by atoms with van der Waals surface area (Å²) in [6, 6.07) is 16.4. The number of para-hydroxylation sites is 1. The molecule has 0 unspecified atom stereocenters. The highest BCUT2D eigenvalue weighted by atomic mass is 16.1. The van der Waals surface area contributed by atoms with Crippen LogP contribution in [0.25, 0.3) is 22.0 Å². The Bertz CT molecular complexity index is 1000. The van der Waals surface area contributed by atoms with E-state index in [1.165, 1.54) is 24.8 Å². The molecule has 1 aromatic heterocycles. The molecule has 0 atom stereocenters. The van der Waals surface area contributed by atoms with Gasteiger partial charge in [0.1, 0.15) is 0 Å². The number of benzene rings is 2. The Kier molecular flexibility index (Phi) is 5.91. The van der Waals surface area contributed by atoms with Crippen molar-refractivity contribution in [3.05, 3.63) is 65.4 Å². The van der Waals surface area contributed by atoms with Crippen LogP contribution in [0.4, 0.5) is 0 Å². The first-order chi connectivity index (χ1) is 14.1. The first kappa shape index (κ1) is 19.6. The zero-order valence-corrected chi connectivity index (χ0v) is 17.4. The summed E-state index contributed by atoms with van der Waals surface area (Å²) in [5.74, 6) is -0.0152. The summed E-state index contributed by atoms with van der Waals surface area (Å²) >= 11 is 0. The summed E-state index contributed by atoms with van der Waals surface area (Å²) < 4.78 is 0. The first-order valence-electron chi connectivity index (χ1n) is 10.6. The van der Waals surface area contributed by atoms with E-state index in [0.717, 1.165) is 47.4 Å². The number of fused-ring (bicyclic) bond motifs is 1. The molecular formula is C25H29N3O. The van der Waals surface area contributed by atoms with Gasteiger partial charge in [-0.15, -0.1) is 0 Å². The van der Waals surface area contributed by atoms with Gasteiger partial charge in [0.25, 0.3) is 5.91 Å². The zero-order valence-electron chi connectivity index (χ0n) is 17.4.